The van der Waals surface area contributed by atoms with E-state index >= 15 is 0 Å². The topological polar surface area (TPSA) is 24.5 Å². The minimum atomic E-state index is 0.894. The van der Waals surface area contributed by atoms with Crippen LogP contribution in [0.2, 0.25) is 0 Å². The van der Waals surface area contributed by atoms with E-state index in [1.807, 2.05) is 0 Å². The fourth-order valence-corrected chi connectivity index (χ4v) is 3.19. The molecule has 3 nitrogen and oxygen atoms in total. The van der Waals surface area contributed by atoms with Gasteiger partial charge in [-0.05, 0) is 31.3 Å². The predicted octanol–water partition coefficient (Wildman–Crippen LogP) is -0.0735. The summed E-state index contributed by atoms with van der Waals surface area (Å²) in [7, 11) is 0. The van der Waals surface area contributed by atoms with Crippen LogP contribution in [0.3, 0.4) is 0 Å². The van der Waals surface area contributed by atoms with Gasteiger partial charge in [-0.15, -0.1) is 0 Å². The molecule has 13 heavy (non-hydrogen) atoms. The third-order valence-electron chi connectivity index (χ3n) is 3.85. The molecule has 3 rings (SSSR count). The molecule has 2 atom stereocenters. The minimum Gasteiger partial charge on any atom is -0.379 e. The molecule has 0 aromatic carbocycles. The smallest absolute Gasteiger partial charge is 0.0594 e. The zero-order valence-electron chi connectivity index (χ0n) is 8.04. The summed E-state index contributed by atoms with van der Waals surface area (Å²) >= 11 is 0. The zero-order valence-corrected chi connectivity index (χ0v) is 8.04. The van der Waals surface area contributed by atoms with Crippen molar-refractivity contribution in [1.82, 2.24) is 10.2 Å². The van der Waals surface area contributed by atoms with Gasteiger partial charge in [-0.1, -0.05) is 0 Å². The Morgan fingerprint density at radius 3 is 2.38 bits per heavy atom. The third-order valence-corrected chi connectivity index (χ3v) is 3.85. The molecule has 0 spiro atoms. The number of nitrogens with zero attached hydrogens (tertiary/aromatic N) is 1. The SMILES string of the molecule is C1CN(C2C3CNCC2C3)CCO1. The van der Waals surface area contributed by atoms with Gasteiger partial charge in [-0.25, -0.2) is 0 Å². The van der Waals surface area contributed by atoms with Crippen molar-refractivity contribution in [2.75, 3.05) is 39.4 Å². The average Bonchev–Trinajstić information content (AvgIpc) is 2.20. The van der Waals surface area contributed by atoms with Crippen molar-refractivity contribution in [3.8, 4) is 0 Å². The second-order valence-electron chi connectivity index (χ2n) is 4.55. The lowest BCUT2D eigenvalue weighted by molar-refractivity contribution is -0.0712. The first-order valence-electron chi connectivity index (χ1n) is 5.47. The summed E-state index contributed by atoms with van der Waals surface area (Å²) in [6.45, 7) is 6.72. The lowest BCUT2D eigenvalue weighted by atomic mass is 9.66. The fourth-order valence-electron chi connectivity index (χ4n) is 3.19. The number of ether oxygens (including phenoxy) is 1. The van der Waals surface area contributed by atoms with E-state index in [2.05, 4.69) is 10.2 Å². The maximum Gasteiger partial charge on any atom is 0.0594 e. The molecular formula is C10H18N2O. The number of nitrogens with one attached hydrogen (secondary N) is 1. The molecule has 0 amide bonds. The van der Waals surface area contributed by atoms with Crippen molar-refractivity contribution in [2.24, 2.45) is 11.8 Å². The summed E-state index contributed by atoms with van der Waals surface area (Å²) in [4.78, 5) is 2.66. The molecule has 2 saturated heterocycles. The van der Waals surface area contributed by atoms with E-state index in [0.717, 1.165) is 44.2 Å². The molecule has 2 unspecified atom stereocenters. The molecule has 3 fully saturated rings. The highest BCUT2D eigenvalue weighted by Gasteiger charge is 2.46. The van der Waals surface area contributed by atoms with Crippen LogP contribution in [-0.2, 0) is 4.74 Å². The van der Waals surface area contributed by atoms with Crippen molar-refractivity contribution in [3.63, 3.8) is 0 Å². The Hall–Kier alpha value is -0.120. The molecule has 1 saturated carbocycles. The van der Waals surface area contributed by atoms with Gasteiger partial charge in [-0.3, -0.25) is 4.90 Å². The fraction of sp³-hybridized carbons (Fsp3) is 1.00. The van der Waals surface area contributed by atoms with Gasteiger partial charge in [0, 0.05) is 19.1 Å². The van der Waals surface area contributed by atoms with Gasteiger partial charge >= 0.3 is 0 Å². The highest BCUT2D eigenvalue weighted by molar-refractivity contribution is 5.01. The molecule has 0 radical (unpaired) electrons. The lowest BCUT2D eigenvalue weighted by Crippen LogP contribution is -2.65. The van der Waals surface area contributed by atoms with Crippen LogP contribution < -0.4 is 5.32 Å². The van der Waals surface area contributed by atoms with E-state index < -0.39 is 0 Å². The van der Waals surface area contributed by atoms with Crippen LogP contribution in [0.1, 0.15) is 6.42 Å². The molecule has 2 bridgehead atoms. The number of morpholine rings is 1. The minimum absolute atomic E-state index is 0.894. The van der Waals surface area contributed by atoms with Gasteiger partial charge in [0.15, 0.2) is 0 Å². The van der Waals surface area contributed by atoms with Crippen molar-refractivity contribution in [3.05, 3.63) is 0 Å². The molecular weight excluding hydrogens is 164 g/mol. The summed E-state index contributed by atoms with van der Waals surface area (Å²) in [5.41, 5.74) is 0. The first-order valence-corrected chi connectivity index (χ1v) is 5.47. The molecule has 3 heteroatoms. The number of hydrogen-bond donors (Lipinski definition) is 1. The van der Waals surface area contributed by atoms with E-state index in [-0.39, 0.29) is 0 Å². The maximum absolute atomic E-state index is 5.38. The van der Waals surface area contributed by atoms with Gasteiger partial charge < -0.3 is 10.1 Å². The van der Waals surface area contributed by atoms with Crippen molar-refractivity contribution >= 4 is 0 Å². The van der Waals surface area contributed by atoms with Crippen LogP contribution in [0.5, 0.6) is 0 Å². The Kier molecular flexibility index (Phi) is 2.04. The standard InChI is InChI=1S/C10H18N2O/c1-3-13-4-2-12(1)10-8-5-9(10)7-11-6-8/h8-11H,1-7H2. The summed E-state index contributed by atoms with van der Waals surface area (Å²) in [6, 6.07) is 0.894. The molecule has 0 aromatic rings. The molecule has 1 aliphatic carbocycles. The normalized spacial score (nSPS) is 45.7. The van der Waals surface area contributed by atoms with Gasteiger partial charge in [0.25, 0.3) is 0 Å². The molecule has 74 valence electrons. The molecule has 0 aromatic heterocycles. The summed E-state index contributed by atoms with van der Waals surface area (Å²) in [5, 5.41) is 3.50. The van der Waals surface area contributed by atoms with E-state index in [4.69, 9.17) is 4.74 Å². The van der Waals surface area contributed by atoms with Crippen LogP contribution in [-0.4, -0.2) is 50.3 Å². The molecule has 2 heterocycles. The largest absolute Gasteiger partial charge is 0.379 e. The van der Waals surface area contributed by atoms with Crippen molar-refractivity contribution in [1.29, 1.82) is 0 Å². The number of fused-ring (bicyclic) bond motifs is 2. The van der Waals surface area contributed by atoms with Crippen LogP contribution in [0.15, 0.2) is 0 Å². The van der Waals surface area contributed by atoms with E-state index in [9.17, 15) is 0 Å². The van der Waals surface area contributed by atoms with Crippen LogP contribution >= 0.6 is 0 Å². The van der Waals surface area contributed by atoms with Gasteiger partial charge in [0.2, 0.25) is 0 Å². The van der Waals surface area contributed by atoms with Gasteiger partial charge in [0.1, 0.15) is 0 Å². The number of hydrogen-bond acceptors (Lipinski definition) is 3. The highest BCUT2D eigenvalue weighted by Crippen LogP contribution is 2.40. The van der Waals surface area contributed by atoms with Gasteiger partial charge in [0.05, 0.1) is 13.2 Å². The zero-order chi connectivity index (χ0) is 8.67. The highest BCUT2D eigenvalue weighted by atomic mass is 16.5. The Balaban J connectivity index is 1.64. The van der Waals surface area contributed by atoms with E-state index in [0.29, 0.717) is 0 Å². The predicted molar refractivity (Wildman–Crippen MR) is 50.6 cm³/mol. The van der Waals surface area contributed by atoms with E-state index in [1.165, 1.54) is 19.5 Å². The van der Waals surface area contributed by atoms with Crippen LogP contribution in [0.25, 0.3) is 0 Å². The Labute approximate surface area is 79.4 Å². The van der Waals surface area contributed by atoms with Crippen LogP contribution in [0, 0.1) is 11.8 Å². The lowest BCUT2D eigenvalue weighted by Gasteiger charge is -2.55. The third kappa shape index (κ3) is 1.30. The van der Waals surface area contributed by atoms with Crippen LogP contribution in [0.4, 0.5) is 0 Å². The maximum atomic E-state index is 5.38. The summed E-state index contributed by atoms with van der Waals surface area (Å²) in [5.74, 6) is 1.88. The monoisotopic (exact) mass is 182 g/mol. The van der Waals surface area contributed by atoms with Gasteiger partial charge in [-0.2, -0.15) is 0 Å². The second-order valence-corrected chi connectivity index (χ2v) is 4.55. The first-order chi connectivity index (χ1) is 6.45. The summed E-state index contributed by atoms with van der Waals surface area (Å²) < 4.78 is 5.38. The summed E-state index contributed by atoms with van der Waals surface area (Å²) in [6.07, 6.45) is 1.47. The first kappa shape index (κ1) is 8.21. The number of piperidine rings is 2. The molecule has 2 aliphatic heterocycles. The molecule has 1 N–H and O–H groups in total. The average molecular weight is 182 g/mol. The van der Waals surface area contributed by atoms with Crippen molar-refractivity contribution in [2.45, 2.75) is 12.5 Å². The van der Waals surface area contributed by atoms with Crippen molar-refractivity contribution < 1.29 is 4.74 Å². The molecule has 3 aliphatic rings. The Bertz CT molecular complexity index is 177. The second kappa shape index (κ2) is 3.23. The Morgan fingerprint density at radius 1 is 1.08 bits per heavy atom. The van der Waals surface area contributed by atoms with E-state index in [1.54, 1.807) is 0 Å². The quantitative estimate of drug-likeness (QED) is 0.614. The number of rotatable bonds is 1. The Morgan fingerprint density at radius 2 is 1.77 bits per heavy atom.